The summed E-state index contributed by atoms with van der Waals surface area (Å²) in [5, 5.41) is 8.40. The second kappa shape index (κ2) is 10.1. The number of halogens is 4. The lowest BCUT2D eigenvalue weighted by molar-refractivity contribution is -0.136. The summed E-state index contributed by atoms with van der Waals surface area (Å²) in [5.41, 5.74) is -0.525. The van der Waals surface area contributed by atoms with E-state index in [1.807, 2.05) is 28.6 Å². The largest absolute Gasteiger partial charge is 0.418 e. The molecule has 8 nitrogen and oxygen atoms in total. The summed E-state index contributed by atoms with van der Waals surface area (Å²) >= 11 is 0. The van der Waals surface area contributed by atoms with Crippen LogP contribution in [-0.2, 0) is 23.4 Å². The van der Waals surface area contributed by atoms with Crippen molar-refractivity contribution in [1.29, 1.82) is 0 Å². The number of rotatable bonds is 6. The number of imidazole rings is 1. The molecule has 1 aromatic carbocycles. The maximum absolute atomic E-state index is 14.3. The zero-order valence-electron chi connectivity index (χ0n) is 23.1. The van der Waals surface area contributed by atoms with Gasteiger partial charge in [-0.15, -0.1) is 10.2 Å². The van der Waals surface area contributed by atoms with E-state index in [1.54, 1.807) is 32.5 Å². The van der Waals surface area contributed by atoms with E-state index in [4.69, 9.17) is 4.74 Å². The summed E-state index contributed by atoms with van der Waals surface area (Å²) in [6, 6.07) is 7.98. The molecule has 1 aliphatic carbocycles. The van der Waals surface area contributed by atoms with Gasteiger partial charge in [0.05, 0.1) is 28.3 Å². The Labute approximate surface area is 234 Å². The maximum atomic E-state index is 14.3. The summed E-state index contributed by atoms with van der Waals surface area (Å²) in [5.74, 6) is 0.757. The van der Waals surface area contributed by atoms with Crippen LogP contribution in [-0.4, -0.2) is 61.1 Å². The number of pyridine rings is 1. The van der Waals surface area contributed by atoms with E-state index in [9.17, 15) is 22.4 Å². The molecule has 0 amide bonds. The van der Waals surface area contributed by atoms with Crippen molar-refractivity contribution >= 4 is 5.52 Å². The molecule has 0 bridgehead atoms. The van der Waals surface area contributed by atoms with Gasteiger partial charge in [-0.2, -0.15) is 13.2 Å². The third kappa shape index (κ3) is 4.66. The Hall–Kier alpha value is -3.51. The van der Waals surface area contributed by atoms with E-state index in [1.165, 1.54) is 17.0 Å². The molecule has 0 spiro atoms. The Morgan fingerprint density at radius 2 is 1.85 bits per heavy atom. The molecule has 1 saturated heterocycles. The SMILES string of the molecule is CO[C@H]1C[C@@](c2cccc(-n3cc4c(C(F)(F)F)cc([C@H](C)N5CCC(F)CC5)cn4c3=O)c2)(c2nncn2C)C1. The Kier molecular flexibility index (Phi) is 6.80. The topological polar surface area (TPSA) is 69.6 Å². The van der Waals surface area contributed by atoms with Crippen LogP contribution in [0.4, 0.5) is 17.6 Å². The van der Waals surface area contributed by atoms with E-state index in [-0.39, 0.29) is 11.6 Å². The number of likely N-dealkylation sites (tertiary alicyclic amines) is 1. The number of fused-ring (bicyclic) bond motifs is 1. The molecule has 3 aromatic heterocycles. The predicted molar refractivity (Wildman–Crippen MR) is 144 cm³/mol. The Balaban J connectivity index is 1.44. The van der Waals surface area contributed by atoms with Gasteiger partial charge in [0.1, 0.15) is 18.3 Å². The molecule has 2 aliphatic rings. The highest BCUT2D eigenvalue weighted by atomic mass is 19.4. The first-order valence-electron chi connectivity index (χ1n) is 13.7. The van der Waals surface area contributed by atoms with Crippen molar-refractivity contribution in [2.45, 2.75) is 62.5 Å². The van der Waals surface area contributed by atoms with Crippen molar-refractivity contribution in [3.8, 4) is 5.69 Å². The molecule has 0 unspecified atom stereocenters. The molecule has 4 aromatic rings. The second-order valence-corrected chi connectivity index (χ2v) is 11.3. The van der Waals surface area contributed by atoms with Gasteiger partial charge >= 0.3 is 11.9 Å². The predicted octanol–water partition coefficient (Wildman–Crippen LogP) is 4.83. The summed E-state index contributed by atoms with van der Waals surface area (Å²) < 4.78 is 66.4. The summed E-state index contributed by atoms with van der Waals surface area (Å²) in [6.07, 6.45) is 0.812. The monoisotopic (exact) mass is 572 g/mol. The third-order valence-electron chi connectivity index (χ3n) is 8.88. The molecule has 1 aliphatic heterocycles. The second-order valence-electron chi connectivity index (χ2n) is 11.3. The van der Waals surface area contributed by atoms with Crippen molar-refractivity contribution in [3.63, 3.8) is 0 Å². The Morgan fingerprint density at radius 3 is 2.49 bits per heavy atom. The molecule has 0 radical (unpaired) electrons. The zero-order chi connectivity index (χ0) is 29.1. The molecule has 6 rings (SSSR count). The number of aryl methyl sites for hydroxylation is 1. The number of aromatic nitrogens is 5. The van der Waals surface area contributed by atoms with Crippen LogP contribution in [0.1, 0.15) is 61.2 Å². The average molecular weight is 573 g/mol. The lowest BCUT2D eigenvalue weighted by atomic mass is 9.62. The van der Waals surface area contributed by atoms with Crippen LogP contribution in [0, 0.1) is 0 Å². The molecular formula is C29H32F4N6O2. The van der Waals surface area contributed by atoms with Gasteiger partial charge in [0.25, 0.3) is 0 Å². The minimum Gasteiger partial charge on any atom is -0.381 e. The molecule has 1 saturated carbocycles. The van der Waals surface area contributed by atoms with E-state index < -0.39 is 35.1 Å². The fraction of sp³-hybridized carbons (Fsp3) is 0.483. The first kappa shape index (κ1) is 27.6. The highest BCUT2D eigenvalue weighted by molar-refractivity contribution is 5.58. The van der Waals surface area contributed by atoms with Crippen LogP contribution >= 0.6 is 0 Å². The van der Waals surface area contributed by atoms with Crippen molar-refractivity contribution in [2.75, 3.05) is 20.2 Å². The quantitative estimate of drug-likeness (QED) is 0.310. The van der Waals surface area contributed by atoms with Crippen molar-refractivity contribution in [1.82, 2.24) is 28.6 Å². The number of nitrogens with zero attached hydrogens (tertiary/aromatic N) is 6. The van der Waals surface area contributed by atoms with Gasteiger partial charge in [-0.05, 0) is 61.9 Å². The summed E-state index contributed by atoms with van der Waals surface area (Å²) in [4.78, 5) is 15.6. The van der Waals surface area contributed by atoms with E-state index in [2.05, 4.69) is 10.2 Å². The van der Waals surface area contributed by atoms with Crippen molar-refractivity contribution in [3.05, 3.63) is 82.1 Å². The van der Waals surface area contributed by atoms with Crippen molar-refractivity contribution in [2.24, 2.45) is 7.05 Å². The highest BCUT2D eigenvalue weighted by Crippen LogP contribution is 2.49. The average Bonchev–Trinajstić information content (AvgIpc) is 3.50. The van der Waals surface area contributed by atoms with Gasteiger partial charge in [-0.3, -0.25) is 13.9 Å². The Bertz CT molecular complexity index is 1630. The molecule has 0 N–H and O–H groups in total. The number of hydrogen-bond acceptors (Lipinski definition) is 5. The molecule has 12 heteroatoms. The minimum absolute atomic E-state index is 0.0283. The Morgan fingerprint density at radius 1 is 1.12 bits per heavy atom. The number of methoxy groups -OCH3 is 1. The fourth-order valence-electron chi connectivity index (χ4n) is 6.42. The van der Waals surface area contributed by atoms with Gasteiger partial charge in [0.15, 0.2) is 0 Å². The number of alkyl halides is 4. The van der Waals surface area contributed by atoms with Crippen LogP contribution in [0.2, 0.25) is 0 Å². The van der Waals surface area contributed by atoms with Crippen LogP contribution < -0.4 is 5.69 Å². The van der Waals surface area contributed by atoms with Crippen molar-refractivity contribution < 1.29 is 22.3 Å². The molecule has 218 valence electrons. The van der Waals surface area contributed by atoms with Crippen LogP contribution in [0.25, 0.3) is 11.2 Å². The standard InChI is InChI=1S/C29H32F4N6O2/c1-18(37-9-7-21(30)8-10-37)19-11-24(29(31,32)33)25-16-38(27(40)39(25)15-19)22-6-4-5-20(12-22)28(13-23(14-28)41-3)26-35-34-17-36(26)2/h4-6,11-12,15-18,21,23H,7-10,13-14H2,1-3H3/t18-,23-,28+/m0/s1. The molecule has 1 atom stereocenters. The van der Waals surface area contributed by atoms with Gasteiger partial charge in [0.2, 0.25) is 0 Å². The van der Waals surface area contributed by atoms with Gasteiger partial charge in [-0.1, -0.05) is 12.1 Å². The molecular weight excluding hydrogens is 540 g/mol. The first-order chi connectivity index (χ1) is 19.5. The fourth-order valence-corrected chi connectivity index (χ4v) is 6.42. The van der Waals surface area contributed by atoms with E-state index >= 15 is 0 Å². The molecule has 41 heavy (non-hydrogen) atoms. The van der Waals surface area contributed by atoms with E-state index in [0.29, 0.717) is 50.0 Å². The van der Waals surface area contributed by atoms with Gasteiger partial charge in [0, 0.05) is 45.7 Å². The number of ether oxygens (including phenoxy) is 1. The number of benzene rings is 1. The number of hydrogen-bond donors (Lipinski definition) is 0. The lowest BCUT2D eigenvalue weighted by Gasteiger charge is -2.46. The van der Waals surface area contributed by atoms with Crippen LogP contribution in [0.5, 0.6) is 0 Å². The third-order valence-corrected chi connectivity index (χ3v) is 8.88. The maximum Gasteiger partial charge on any atom is 0.418 e. The van der Waals surface area contributed by atoms with E-state index in [0.717, 1.165) is 21.9 Å². The molecule has 4 heterocycles. The zero-order valence-corrected chi connectivity index (χ0v) is 23.1. The van der Waals surface area contributed by atoms with Gasteiger partial charge in [-0.25, -0.2) is 9.18 Å². The summed E-state index contributed by atoms with van der Waals surface area (Å²) in [7, 11) is 3.52. The first-order valence-corrected chi connectivity index (χ1v) is 13.7. The normalized spacial score (nSPS) is 23.1. The van der Waals surface area contributed by atoms with Gasteiger partial charge < -0.3 is 9.30 Å². The van der Waals surface area contributed by atoms with Crippen LogP contribution in [0.15, 0.2) is 53.8 Å². The summed E-state index contributed by atoms with van der Waals surface area (Å²) in [6.45, 7) is 2.69. The smallest absolute Gasteiger partial charge is 0.381 e. The number of piperidine rings is 1. The lowest BCUT2D eigenvalue weighted by Crippen LogP contribution is -2.48. The highest BCUT2D eigenvalue weighted by Gasteiger charge is 2.50. The molecule has 2 fully saturated rings. The van der Waals surface area contributed by atoms with Crippen LogP contribution in [0.3, 0.4) is 0 Å². The minimum atomic E-state index is -4.68.